The maximum Gasteiger partial charge on any atom is 0.220 e. The summed E-state index contributed by atoms with van der Waals surface area (Å²) in [5, 5.41) is 2.94. The smallest absolute Gasteiger partial charge is 0.220 e. The summed E-state index contributed by atoms with van der Waals surface area (Å²) in [6.07, 6.45) is 1.96. The predicted octanol–water partition coefficient (Wildman–Crippen LogP) is 2.68. The van der Waals surface area contributed by atoms with E-state index in [-0.39, 0.29) is 22.6 Å². The number of anilines is 1. The second-order valence-corrected chi connectivity index (χ2v) is 8.63. The van der Waals surface area contributed by atoms with E-state index < -0.39 is 9.84 Å². The van der Waals surface area contributed by atoms with Gasteiger partial charge in [-0.15, -0.1) is 0 Å². The largest absolute Gasteiger partial charge is 0.457 e. The van der Waals surface area contributed by atoms with Crippen LogP contribution in [0.25, 0.3) is 0 Å². The van der Waals surface area contributed by atoms with Crippen LogP contribution in [0.4, 0.5) is 5.69 Å². The molecule has 1 atom stereocenters. The Morgan fingerprint density at radius 1 is 1.19 bits per heavy atom. The molecule has 1 heterocycles. The SMILES string of the molecule is CCS(=O)(=O)c1ccc(Oc2ccc(N)cc2CC2CCC(=O)N2)cc1. The van der Waals surface area contributed by atoms with E-state index in [2.05, 4.69) is 5.32 Å². The first kappa shape index (κ1) is 18.3. The Kier molecular flexibility index (Phi) is 5.18. The predicted molar refractivity (Wildman–Crippen MR) is 100.0 cm³/mol. The van der Waals surface area contributed by atoms with Crippen LogP contribution in [0.15, 0.2) is 47.4 Å². The normalized spacial score (nSPS) is 17.1. The lowest BCUT2D eigenvalue weighted by molar-refractivity contribution is -0.119. The highest BCUT2D eigenvalue weighted by molar-refractivity contribution is 7.91. The van der Waals surface area contributed by atoms with E-state index >= 15 is 0 Å². The first-order valence-corrected chi connectivity index (χ1v) is 10.2. The van der Waals surface area contributed by atoms with E-state index in [9.17, 15) is 13.2 Å². The standard InChI is InChI=1S/C19H22N2O4S/c1-2-26(23,24)17-7-5-16(6-8-17)25-18-9-3-14(20)11-13(18)12-15-4-10-19(22)21-15/h3,5-9,11,15H,2,4,10,12,20H2,1H3,(H,21,22). The Morgan fingerprint density at radius 2 is 1.92 bits per heavy atom. The van der Waals surface area contributed by atoms with Crippen molar-refractivity contribution in [2.24, 2.45) is 0 Å². The first-order chi connectivity index (χ1) is 12.4. The average molecular weight is 374 g/mol. The number of carbonyl (C=O) groups excluding carboxylic acids is 1. The number of ether oxygens (including phenoxy) is 1. The van der Waals surface area contributed by atoms with E-state index in [1.165, 1.54) is 0 Å². The molecule has 1 aliphatic rings. The number of sulfone groups is 1. The third kappa shape index (κ3) is 4.16. The number of hydrogen-bond acceptors (Lipinski definition) is 5. The first-order valence-electron chi connectivity index (χ1n) is 8.56. The molecule has 1 amide bonds. The van der Waals surface area contributed by atoms with Crippen LogP contribution in [-0.4, -0.2) is 26.1 Å². The van der Waals surface area contributed by atoms with E-state index in [0.717, 1.165) is 12.0 Å². The van der Waals surface area contributed by atoms with E-state index in [1.807, 2.05) is 6.07 Å². The van der Waals surface area contributed by atoms with Gasteiger partial charge < -0.3 is 15.8 Å². The van der Waals surface area contributed by atoms with Crippen LogP contribution in [0.3, 0.4) is 0 Å². The molecule has 0 aliphatic carbocycles. The molecular formula is C19H22N2O4S. The van der Waals surface area contributed by atoms with E-state index in [0.29, 0.717) is 30.0 Å². The average Bonchev–Trinajstić information content (AvgIpc) is 3.02. The molecule has 2 aromatic rings. The minimum Gasteiger partial charge on any atom is -0.457 e. The fraction of sp³-hybridized carbons (Fsp3) is 0.316. The quantitative estimate of drug-likeness (QED) is 0.758. The summed E-state index contributed by atoms with van der Waals surface area (Å²) in [6, 6.07) is 11.8. The molecule has 3 N–H and O–H groups in total. The number of rotatable bonds is 6. The highest BCUT2D eigenvalue weighted by atomic mass is 32.2. The van der Waals surface area contributed by atoms with Crippen molar-refractivity contribution < 1.29 is 17.9 Å². The summed E-state index contributed by atoms with van der Waals surface area (Å²) < 4.78 is 29.7. The van der Waals surface area contributed by atoms with Crippen molar-refractivity contribution in [1.82, 2.24) is 5.32 Å². The molecule has 6 nitrogen and oxygen atoms in total. The number of amides is 1. The van der Waals surface area contributed by atoms with Crippen LogP contribution in [0, 0.1) is 0 Å². The van der Waals surface area contributed by atoms with E-state index in [4.69, 9.17) is 10.5 Å². The number of benzene rings is 2. The van der Waals surface area contributed by atoms with Crippen molar-refractivity contribution in [3.8, 4) is 11.5 Å². The van der Waals surface area contributed by atoms with Gasteiger partial charge in [0, 0.05) is 18.2 Å². The number of nitrogens with two attached hydrogens (primary N) is 1. The second kappa shape index (κ2) is 7.37. The summed E-state index contributed by atoms with van der Waals surface area (Å²) in [5.41, 5.74) is 7.43. The zero-order chi connectivity index (χ0) is 18.7. The third-order valence-electron chi connectivity index (χ3n) is 4.43. The zero-order valence-electron chi connectivity index (χ0n) is 14.6. The van der Waals surface area contributed by atoms with Crippen LogP contribution in [-0.2, 0) is 21.1 Å². The zero-order valence-corrected chi connectivity index (χ0v) is 15.4. The van der Waals surface area contributed by atoms with Crippen LogP contribution in [0.1, 0.15) is 25.3 Å². The van der Waals surface area contributed by atoms with Crippen molar-refractivity contribution in [3.63, 3.8) is 0 Å². The van der Waals surface area contributed by atoms with Crippen molar-refractivity contribution in [3.05, 3.63) is 48.0 Å². The molecule has 0 bridgehead atoms. The molecule has 0 spiro atoms. The summed E-state index contributed by atoms with van der Waals surface area (Å²) in [5.74, 6) is 1.31. The summed E-state index contributed by atoms with van der Waals surface area (Å²) in [7, 11) is -3.23. The van der Waals surface area contributed by atoms with E-state index in [1.54, 1.807) is 43.3 Å². The van der Waals surface area contributed by atoms with Crippen molar-refractivity contribution in [2.45, 2.75) is 37.1 Å². The lowest BCUT2D eigenvalue weighted by atomic mass is 10.0. The van der Waals surface area contributed by atoms with Gasteiger partial charge in [0.25, 0.3) is 0 Å². The highest BCUT2D eigenvalue weighted by Gasteiger charge is 2.22. The molecule has 1 saturated heterocycles. The molecular weight excluding hydrogens is 352 g/mol. The summed E-state index contributed by atoms with van der Waals surface area (Å²) in [6.45, 7) is 1.61. The maximum absolute atomic E-state index is 11.9. The van der Waals surface area contributed by atoms with Gasteiger partial charge in [0.15, 0.2) is 9.84 Å². The van der Waals surface area contributed by atoms with Gasteiger partial charge in [-0.05, 0) is 60.9 Å². The Bertz CT molecular complexity index is 908. The molecule has 138 valence electrons. The molecule has 0 aromatic heterocycles. The lowest BCUT2D eigenvalue weighted by Gasteiger charge is -2.15. The molecule has 2 aromatic carbocycles. The number of carbonyl (C=O) groups is 1. The van der Waals surface area contributed by atoms with Gasteiger partial charge in [-0.2, -0.15) is 0 Å². The Balaban J connectivity index is 1.80. The summed E-state index contributed by atoms with van der Waals surface area (Å²) in [4.78, 5) is 11.7. The Hall–Kier alpha value is -2.54. The van der Waals surface area contributed by atoms with Gasteiger partial charge in [-0.3, -0.25) is 4.79 Å². The van der Waals surface area contributed by atoms with Crippen molar-refractivity contribution in [1.29, 1.82) is 0 Å². The molecule has 1 aliphatic heterocycles. The minimum atomic E-state index is -3.23. The van der Waals surface area contributed by atoms with Gasteiger partial charge in [-0.1, -0.05) is 6.92 Å². The van der Waals surface area contributed by atoms with Crippen LogP contribution >= 0.6 is 0 Å². The number of nitrogens with one attached hydrogen (secondary N) is 1. The Morgan fingerprint density at radius 3 is 2.54 bits per heavy atom. The molecule has 0 saturated carbocycles. The molecule has 7 heteroatoms. The molecule has 0 radical (unpaired) electrons. The molecule has 1 fully saturated rings. The Labute approximate surface area is 153 Å². The minimum absolute atomic E-state index is 0.0580. The topological polar surface area (TPSA) is 98.5 Å². The van der Waals surface area contributed by atoms with Gasteiger partial charge in [0.2, 0.25) is 5.91 Å². The van der Waals surface area contributed by atoms with Gasteiger partial charge in [0.1, 0.15) is 11.5 Å². The fourth-order valence-electron chi connectivity index (χ4n) is 2.96. The molecule has 26 heavy (non-hydrogen) atoms. The van der Waals surface area contributed by atoms with Crippen molar-refractivity contribution >= 4 is 21.4 Å². The van der Waals surface area contributed by atoms with Crippen LogP contribution < -0.4 is 15.8 Å². The van der Waals surface area contributed by atoms with Crippen molar-refractivity contribution in [2.75, 3.05) is 11.5 Å². The van der Waals surface area contributed by atoms with Crippen LogP contribution in [0.5, 0.6) is 11.5 Å². The number of nitrogen functional groups attached to an aromatic ring is 1. The molecule has 1 unspecified atom stereocenters. The van der Waals surface area contributed by atoms with Gasteiger partial charge >= 0.3 is 0 Å². The lowest BCUT2D eigenvalue weighted by Crippen LogP contribution is -2.27. The summed E-state index contributed by atoms with van der Waals surface area (Å²) >= 11 is 0. The third-order valence-corrected chi connectivity index (χ3v) is 6.18. The van der Waals surface area contributed by atoms with Gasteiger partial charge in [0.05, 0.1) is 10.6 Å². The van der Waals surface area contributed by atoms with Crippen LogP contribution in [0.2, 0.25) is 0 Å². The second-order valence-electron chi connectivity index (χ2n) is 6.35. The molecule has 3 rings (SSSR count). The number of hydrogen-bond donors (Lipinski definition) is 2. The highest BCUT2D eigenvalue weighted by Crippen LogP contribution is 2.30. The van der Waals surface area contributed by atoms with Gasteiger partial charge in [-0.25, -0.2) is 8.42 Å². The maximum atomic E-state index is 11.9. The fourth-order valence-corrected chi connectivity index (χ4v) is 3.85. The monoisotopic (exact) mass is 374 g/mol.